The summed E-state index contributed by atoms with van der Waals surface area (Å²) in [4.78, 5) is 4.65. The van der Waals surface area contributed by atoms with Crippen LogP contribution in [0.4, 0.5) is 0 Å². The third-order valence-corrected chi connectivity index (χ3v) is 15.0. The van der Waals surface area contributed by atoms with Crippen LogP contribution >= 0.6 is 7.14 Å². The van der Waals surface area contributed by atoms with Gasteiger partial charge in [-0.25, -0.2) is 0 Å². The van der Waals surface area contributed by atoms with E-state index in [1.54, 1.807) is 6.20 Å². The number of hydrogen-bond donors (Lipinski definition) is 0. The molecule has 12 aromatic rings. The fraction of sp³-hybridized carbons (Fsp3) is 0. The highest BCUT2D eigenvalue weighted by Crippen LogP contribution is 2.44. The smallest absolute Gasteiger partial charge is 0.172 e. The summed E-state index contributed by atoms with van der Waals surface area (Å²) in [6.07, 6.45) is 3.59. The van der Waals surface area contributed by atoms with E-state index >= 15 is 4.57 Å². The van der Waals surface area contributed by atoms with Crippen molar-refractivity contribution in [2.45, 2.75) is 0 Å². The van der Waals surface area contributed by atoms with Crippen molar-refractivity contribution in [1.82, 2.24) is 4.98 Å². The second-order valence-corrected chi connectivity index (χ2v) is 18.2. The molecular formula is C55H34NO3P. The Labute approximate surface area is 345 Å². The first-order valence-electron chi connectivity index (χ1n) is 20.1. The molecule has 0 saturated heterocycles. The van der Waals surface area contributed by atoms with Crippen molar-refractivity contribution in [3.8, 4) is 33.4 Å². The molecule has 0 radical (unpaired) electrons. The molecule has 0 aliphatic carbocycles. The highest BCUT2D eigenvalue weighted by atomic mass is 31.2. The van der Waals surface area contributed by atoms with Crippen molar-refractivity contribution in [3.05, 3.63) is 207 Å². The second kappa shape index (κ2) is 13.5. The van der Waals surface area contributed by atoms with Gasteiger partial charge in [0.05, 0.1) is 0 Å². The number of pyridine rings is 1. The van der Waals surface area contributed by atoms with E-state index in [4.69, 9.17) is 8.83 Å². The Bertz CT molecular complexity index is 3600. The van der Waals surface area contributed by atoms with Gasteiger partial charge in [-0.1, -0.05) is 133 Å². The van der Waals surface area contributed by atoms with Gasteiger partial charge in [0, 0.05) is 55.4 Å². The van der Waals surface area contributed by atoms with E-state index in [-0.39, 0.29) is 0 Å². The van der Waals surface area contributed by atoms with Crippen molar-refractivity contribution >= 4 is 88.5 Å². The average molecular weight is 788 g/mol. The minimum atomic E-state index is -3.19. The highest BCUT2D eigenvalue weighted by molar-refractivity contribution is 7.85. The molecule has 0 aliphatic rings. The van der Waals surface area contributed by atoms with Crippen molar-refractivity contribution in [2.75, 3.05) is 0 Å². The van der Waals surface area contributed by atoms with Gasteiger partial charge in [-0.15, -0.1) is 0 Å². The molecule has 60 heavy (non-hydrogen) atoms. The summed E-state index contributed by atoms with van der Waals surface area (Å²) in [7, 11) is -3.19. The molecule has 4 nitrogen and oxygen atoms in total. The first-order valence-corrected chi connectivity index (χ1v) is 21.8. The lowest BCUT2D eigenvalue weighted by atomic mass is 9.91. The maximum absolute atomic E-state index is 15.2. The zero-order chi connectivity index (χ0) is 39.8. The van der Waals surface area contributed by atoms with Crippen LogP contribution in [-0.4, -0.2) is 4.98 Å². The molecule has 0 spiro atoms. The van der Waals surface area contributed by atoms with Crippen LogP contribution in [0.1, 0.15) is 0 Å². The lowest BCUT2D eigenvalue weighted by Crippen LogP contribution is -2.25. The third-order valence-electron chi connectivity index (χ3n) is 12.0. The Morgan fingerprint density at radius 1 is 0.333 bits per heavy atom. The lowest BCUT2D eigenvalue weighted by molar-refractivity contribution is 0.592. The average Bonchev–Trinajstić information content (AvgIpc) is 3.88. The Balaban J connectivity index is 0.957. The predicted molar refractivity (Wildman–Crippen MR) is 250 cm³/mol. The Kier molecular flexibility index (Phi) is 7.78. The minimum Gasteiger partial charge on any atom is -0.456 e. The number of aromatic nitrogens is 1. The standard InChI is InChI=1S/C55H34NO3P/c57-60(42-13-3-1-4-14-42,43-15-5-2-6-16-43)44-28-41(33-56-34-44)37-21-25-53-49(31-37)47-29-35(19-23-51(47)58-53)36-20-24-52-48(30-36)50-32-40(22-26-54(50)59-52)55-45-17-9-7-11-38(45)27-39-12-8-10-18-46(39)55/h1-34H. The molecule has 0 N–H and O–H groups in total. The fourth-order valence-electron chi connectivity index (χ4n) is 9.05. The molecule has 0 amide bonds. The summed E-state index contributed by atoms with van der Waals surface area (Å²) in [6, 6.07) is 66.7. The molecule has 9 aromatic carbocycles. The second-order valence-electron chi connectivity index (χ2n) is 15.5. The highest BCUT2D eigenvalue weighted by Gasteiger charge is 2.30. The Morgan fingerprint density at radius 3 is 1.25 bits per heavy atom. The van der Waals surface area contributed by atoms with Gasteiger partial charge in [-0.2, -0.15) is 0 Å². The van der Waals surface area contributed by atoms with Gasteiger partial charge < -0.3 is 13.4 Å². The molecular weight excluding hydrogens is 754 g/mol. The first-order chi connectivity index (χ1) is 29.6. The Hall–Kier alpha value is -7.52. The molecule has 3 aromatic heterocycles. The summed E-state index contributed by atoms with van der Waals surface area (Å²) in [5.41, 5.74) is 9.77. The lowest BCUT2D eigenvalue weighted by Gasteiger charge is -2.20. The SMILES string of the molecule is O=P(c1ccccc1)(c1ccccc1)c1cncc(-c2ccc3oc4ccc(-c5ccc6oc7ccc(-c8c9ccccc9cc9ccccc89)cc7c6c5)cc4c3c2)c1. The zero-order valence-corrected chi connectivity index (χ0v) is 33.1. The van der Waals surface area contributed by atoms with Crippen molar-refractivity contribution in [3.63, 3.8) is 0 Å². The van der Waals surface area contributed by atoms with Gasteiger partial charge in [-0.05, 0) is 110 Å². The molecule has 0 aliphatic heterocycles. The van der Waals surface area contributed by atoms with Gasteiger partial charge >= 0.3 is 0 Å². The van der Waals surface area contributed by atoms with Crippen LogP contribution < -0.4 is 15.9 Å². The maximum Gasteiger partial charge on any atom is 0.172 e. The van der Waals surface area contributed by atoms with Crippen LogP contribution in [0.3, 0.4) is 0 Å². The largest absolute Gasteiger partial charge is 0.456 e. The van der Waals surface area contributed by atoms with Gasteiger partial charge in [0.25, 0.3) is 0 Å². The normalized spacial score (nSPS) is 12.1. The van der Waals surface area contributed by atoms with Crippen LogP contribution in [0.2, 0.25) is 0 Å². The number of fused-ring (bicyclic) bond motifs is 8. The van der Waals surface area contributed by atoms with E-state index in [2.05, 4.69) is 126 Å². The molecule has 0 fully saturated rings. The first kappa shape index (κ1) is 34.5. The minimum absolute atomic E-state index is 0.691. The summed E-state index contributed by atoms with van der Waals surface area (Å²) >= 11 is 0. The summed E-state index contributed by atoms with van der Waals surface area (Å²) in [5, 5.41) is 11.3. The van der Waals surface area contributed by atoms with E-state index in [0.717, 1.165) is 82.3 Å². The predicted octanol–water partition coefficient (Wildman–Crippen LogP) is 13.8. The fourth-order valence-corrected chi connectivity index (χ4v) is 11.7. The summed E-state index contributed by atoms with van der Waals surface area (Å²) in [6.45, 7) is 0. The molecule has 3 heterocycles. The van der Waals surface area contributed by atoms with Crippen LogP contribution in [0.15, 0.2) is 215 Å². The van der Waals surface area contributed by atoms with Crippen LogP contribution in [0.5, 0.6) is 0 Å². The molecule has 5 heteroatoms. The molecule has 12 rings (SSSR count). The molecule has 0 saturated carbocycles. The number of rotatable bonds is 6. The van der Waals surface area contributed by atoms with Gasteiger partial charge in [0.15, 0.2) is 7.14 Å². The number of hydrogen-bond acceptors (Lipinski definition) is 4. The Morgan fingerprint density at radius 2 is 0.750 bits per heavy atom. The summed E-state index contributed by atoms with van der Waals surface area (Å²) < 4.78 is 28.0. The van der Waals surface area contributed by atoms with Crippen molar-refractivity contribution in [1.29, 1.82) is 0 Å². The van der Waals surface area contributed by atoms with Gasteiger partial charge in [0.2, 0.25) is 0 Å². The van der Waals surface area contributed by atoms with Gasteiger partial charge in [-0.3, -0.25) is 4.98 Å². The van der Waals surface area contributed by atoms with Crippen LogP contribution in [0, 0.1) is 0 Å². The van der Waals surface area contributed by atoms with Crippen molar-refractivity contribution < 1.29 is 13.4 Å². The van der Waals surface area contributed by atoms with Gasteiger partial charge in [0.1, 0.15) is 22.3 Å². The number of furan rings is 2. The topological polar surface area (TPSA) is 56.2 Å². The van der Waals surface area contributed by atoms with E-state index in [1.807, 2.05) is 79.0 Å². The third kappa shape index (κ3) is 5.46. The van der Waals surface area contributed by atoms with E-state index in [1.165, 1.54) is 27.1 Å². The van der Waals surface area contributed by atoms with E-state index < -0.39 is 7.14 Å². The molecule has 0 atom stereocenters. The number of nitrogens with zero attached hydrogens (tertiary/aromatic N) is 1. The van der Waals surface area contributed by atoms with Crippen LogP contribution in [0.25, 0.3) is 98.8 Å². The monoisotopic (exact) mass is 787 g/mol. The number of benzene rings is 9. The molecule has 0 bridgehead atoms. The van der Waals surface area contributed by atoms with E-state index in [9.17, 15) is 0 Å². The molecule has 282 valence electrons. The molecule has 0 unspecified atom stereocenters. The quantitative estimate of drug-likeness (QED) is 0.124. The zero-order valence-electron chi connectivity index (χ0n) is 32.2. The summed E-state index contributed by atoms with van der Waals surface area (Å²) in [5.74, 6) is 0. The van der Waals surface area contributed by atoms with Crippen LogP contribution in [-0.2, 0) is 4.57 Å². The van der Waals surface area contributed by atoms with E-state index in [0.29, 0.717) is 5.30 Å². The maximum atomic E-state index is 15.2. The van der Waals surface area contributed by atoms with Crippen molar-refractivity contribution in [2.24, 2.45) is 0 Å².